The number of aliphatic hydroxyl groups is 1. The molecule has 0 heterocycles. The van der Waals surface area contributed by atoms with E-state index in [9.17, 15) is 0 Å². The number of ether oxygens (including phenoxy) is 2. The van der Waals surface area contributed by atoms with Gasteiger partial charge in [-0.15, -0.1) is 0 Å². The Hall–Kier alpha value is -0.900. The molecule has 0 fully saturated rings. The molecule has 0 aromatic heterocycles. The summed E-state index contributed by atoms with van der Waals surface area (Å²) in [6.07, 6.45) is 2.69. The van der Waals surface area contributed by atoms with Gasteiger partial charge in [0.25, 0.3) is 0 Å². The van der Waals surface area contributed by atoms with Crippen LogP contribution in [-0.4, -0.2) is 31.0 Å². The zero-order valence-corrected chi connectivity index (χ0v) is 11.2. The maximum atomic E-state index is 8.88. The molecule has 0 saturated carbocycles. The lowest BCUT2D eigenvalue weighted by atomic mass is 10.2. The molecule has 0 saturated heterocycles. The van der Waals surface area contributed by atoms with Crippen LogP contribution in [0.1, 0.15) is 31.7 Å². The summed E-state index contributed by atoms with van der Waals surface area (Å²) in [4.78, 5) is 0. The van der Waals surface area contributed by atoms with Crippen molar-refractivity contribution < 1.29 is 14.6 Å². The molecule has 0 amide bonds. The van der Waals surface area contributed by atoms with Crippen LogP contribution in [-0.2, 0) is 16.1 Å². The van der Waals surface area contributed by atoms with Crippen LogP contribution in [0.5, 0.6) is 0 Å². The SMILES string of the molecule is CCCOCC(CCCO)OCc1ccccc1. The van der Waals surface area contributed by atoms with E-state index >= 15 is 0 Å². The second-order valence-corrected chi connectivity index (χ2v) is 4.36. The molecule has 0 aliphatic carbocycles. The highest BCUT2D eigenvalue weighted by atomic mass is 16.5. The van der Waals surface area contributed by atoms with Crippen LogP contribution in [0.3, 0.4) is 0 Å². The van der Waals surface area contributed by atoms with Gasteiger partial charge in [0.2, 0.25) is 0 Å². The fourth-order valence-electron chi connectivity index (χ4n) is 1.68. The summed E-state index contributed by atoms with van der Waals surface area (Å²) in [7, 11) is 0. The van der Waals surface area contributed by atoms with Crippen molar-refractivity contribution in [3.63, 3.8) is 0 Å². The number of hydrogen-bond acceptors (Lipinski definition) is 3. The first-order valence-corrected chi connectivity index (χ1v) is 6.71. The average Bonchev–Trinajstić information content (AvgIpc) is 2.42. The molecular formula is C15H24O3. The molecule has 0 spiro atoms. The summed E-state index contributed by atoms with van der Waals surface area (Å²) < 4.78 is 11.4. The van der Waals surface area contributed by atoms with Crippen LogP contribution < -0.4 is 0 Å². The fourth-order valence-corrected chi connectivity index (χ4v) is 1.68. The van der Waals surface area contributed by atoms with Gasteiger partial charge in [0.1, 0.15) is 0 Å². The molecule has 1 aromatic carbocycles. The Labute approximate surface area is 110 Å². The maximum Gasteiger partial charge on any atom is 0.0813 e. The highest BCUT2D eigenvalue weighted by Crippen LogP contribution is 2.08. The molecule has 1 atom stereocenters. The molecule has 0 bridgehead atoms. The van der Waals surface area contributed by atoms with Gasteiger partial charge in [0.15, 0.2) is 0 Å². The molecule has 3 heteroatoms. The van der Waals surface area contributed by atoms with Crippen molar-refractivity contribution in [1.82, 2.24) is 0 Å². The fraction of sp³-hybridized carbons (Fsp3) is 0.600. The minimum absolute atomic E-state index is 0.0731. The first kappa shape index (κ1) is 15.2. The Kier molecular flexibility index (Phi) is 8.47. The lowest BCUT2D eigenvalue weighted by molar-refractivity contribution is -0.0308. The van der Waals surface area contributed by atoms with Gasteiger partial charge < -0.3 is 14.6 Å². The number of aliphatic hydroxyl groups excluding tert-OH is 1. The van der Waals surface area contributed by atoms with E-state index in [0.29, 0.717) is 13.2 Å². The van der Waals surface area contributed by atoms with Crippen LogP contribution >= 0.6 is 0 Å². The van der Waals surface area contributed by atoms with Crippen molar-refractivity contribution in [2.24, 2.45) is 0 Å². The Morgan fingerprint density at radius 2 is 2.00 bits per heavy atom. The second kappa shape index (κ2) is 10.1. The van der Waals surface area contributed by atoms with Crippen molar-refractivity contribution >= 4 is 0 Å². The molecule has 1 unspecified atom stereocenters. The minimum Gasteiger partial charge on any atom is -0.396 e. The largest absolute Gasteiger partial charge is 0.396 e. The number of benzene rings is 1. The summed E-state index contributed by atoms with van der Waals surface area (Å²) in [6.45, 7) is 4.28. The Morgan fingerprint density at radius 3 is 2.67 bits per heavy atom. The van der Waals surface area contributed by atoms with Crippen LogP contribution in [0.4, 0.5) is 0 Å². The summed E-state index contributed by atoms with van der Waals surface area (Å²) >= 11 is 0. The van der Waals surface area contributed by atoms with Gasteiger partial charge in [-0.1, -0.05) is 37.3 Å². The van der Waals surface area contributed by atoms with Gasteiger partial charge >= 0.3 is 0 Å². The predicted octanol–water partition coefficient (Wildman–Crippen LogP) is 2.77. The third-order valence-corrected chi connectivity index (χ3v) is 2.66. The number of rotatable bonds is 10. The van der Waals surface area contributed by atoms with Crippen LogP contribution in [0.15, 0.2) is 30.3 Å². The van der Waals surface area contributed by atoms with Gasteiger partial charge in [-0.05, 0) is 24.8 Å². The lowest BCUT2D eigenvalue weighted by Crippen LogP contribution is -2.20. The van der Waals surface area contributed by atoms with E-state index in [1.165, 1.54) is 5.56 Å². The molecule has 0 aliphatic rings. The Balaban J connectivity index is 2.30. The topological polar surface area (TPSA) is 38.7 Å². The van der Waals surface area contributed by atoms with Gasteiger partial charge in [-0.2, -0.15) is 0 Å². The molecule has 0 aliphatic heterocycles. The minimum atomic E-state index is 0.0731. The van der Waals surface area contributed by atoms with E-state index in [1.54, 1.807) is 0 Å². The average molecular weight is 252 g/mol. The van der Waals surface area contributed by atoms with E-state index < -0.39 is 0 Å². The zero-order chi connectivity index (χ0) is 13.1. The maximum absolute atomic E-state index is 8.88. The molecule has 0 radical (unpaired) electrons. The highest BCUT2D eigenvalue weighted by Gasteiger charge is 2.09. The zero-order valence-electron chi connectivity index (χ0n) is 11.2. The predicted molar refractivity (Wildman–Crippen MR) is 72.4 cm³/mol. The van der Waals surface area contributed by atoms with Crippen molar-refractivity contribution in [2.45, 2.75) is 38.9 Å². The second-order valence-electron chi connectivity index (χ2n) is 4.36. The summed E-state index contributed by atoms with van der Waals surface area (Å²) in [6, 6.07) is 10.1. The standard InChI is InChI=1S/C15H24O3/c1-2-11-17-13-15(9-6-10-16)18-12-14-7-4-3-5-8-14/h3-5,7-8,15-16H,2,6,9-13H2,1H3. The Morgan fingerprint density at radius 1 is 1.22 bits per heavy atom. The van der Waals surface area contributed by atoms with Gasteiger partial charge in [-0.3, -0.25) is 0 Å². The molecule has 102 valence electrons. The normalized spacial score (nSPS) is 12.6. The highest BCUT2D eigenvalue weighted by molar-refractivity contribution is 5.13. The first-order chi connectivity index (χ1) is 8.86. The smallest absolute Gasteiger partial charge is 0.0813 e. The van der Waals surface area contributed by atoms with E-state index in [2.05, 4.69) is 19.1 Å². The van der Waals surface area contributed by atoms with E-state index in [-0.39, 0.29) is 12.7 Å². The Bertz CT molecular complexity index is 287. The van der Waals surface area contributed by atoms with Crippen molar-refractivity contribution in [3.05, 3.63) is 35.9 Å². The summed E-state index contributed by atoms with van der Waals surface area (Å²) in [5.41, 5.74) is 1.17. The van der Waals surface area contributed by atoms with Crippen LogP contribution in [0.2, 0.25) is 0 Å². The van der Waals surface area contributed by atoms with Gasteiger partial charge in [0, 0.05) is 13.2 Å². The molecule has 1 N–H and O–H groups in total. The third-order valence-electron chi connectivity index (χ3n) is 2.66. The van der Waals surface area contributed by atoms with E-state index in [4.69, 9.17) is 14.6 Å². The van der Waals surface area contributed by atoms with E-state index in [1.807, 2.05) is 18.2 Å². The van der Waals surface area contributed by atoms with Gasteiger partial charge in [0.05, 0.1) is 19.3 Å². The third kappa shape index (κ3) is 6.74. The van der Waals surface area contributed by atoms with Gasteiger partial charge in [-0.25, -0.2) is 0 Å². The molecule has 1 rings (SSSR count). The molecular weight excluding hydrogens is 228 g/mol. The van der Waals surface area contributed by atoms with Crippen molar-refractivity contribution in [1.29, 1.82) is 0 Å². The summed E-state index contributed by atoms with van der Waals surface area (Å²) in [5.74, 6) is 0. The molecule has 3 nitrogen and oxygen atoms in total. The first-order valence-electron chi connectivity index (χ1n) is 6.71. The van der Waals surface area contributed by atoms with E-state index in [0.717, 1.165) is 25.9 Å². The summed E-state index contributed by atoms with van der Waals surface area (Å²) in [5, 5.41) is 8.88. The van der Waals surface area contributed by atoms with Crippen LogP contribution in [0.25, 0.3) is 0 Å². The van der Waals surface area contributed by atoms with Crippen LogP contribution in [0, 0.1) is 0 Å². The molecule has 18 heavy (non-hydrogen) atoms. The molecule has 1 aromatic rings. The lowest BCUT2D eigenvalue weighted by Gasteiger charge is -2.17. The quantitative estimate of drug-likeness (QED) is 0.651. The number of hydrogen-bond donors (Lipinski definition) is 1. The van der Waals surface area contributed by atoms with Crippen molar-refractivity contribution in [2.75, 3.05) is 19.8 Å². The van der Waals surface area contributed by atoms with Crippen molar-refractivity contribution in [3.8, 4) is 0 Å². The monoisotopic (exact) mass is 252 g/mol.